The molecule has 1 aliphatic heterocycles. The molecule has 0 aromatic heterocycles. The molecule has 156 valence electrons. The van der Waals surface area contributed by atoms with Crippen LogP contribution < -0.4 is 10.2 Å². The van der Waals surface area contributed by atoms with Gasteiger partial charge in [-0.3, -0.25) is 4.79 Å². The molecule has 2 atom stereocenters. The highest BCUT2D eigenvalue weighted by Crippen LogP contribution is 2.35. The number of phenols is 1. The number of carbonyl (C=O) groups excluding carboxylic acids is 1. The van der Waals surface area contributed by atoms with Gasteiger partial charge in [0.2, 0.25) is 5.91 Å². The van der Waals surface area contributed by atoms with Crippen LogP contribution in [0.1, 0.15) is 36.4 Å². The van der Waals surface area contributed by atoms with Crippen molar-refractivity contribution in [3.63, 3.8) is 0 Å². The summed E-state index contributed by atoms with van der Waals surface area (Å²) in [7, 11) is 6.19. The van der Waals surface area contributed by atoms with E-state index in [1.807, 2.05) is 32.3 Å². The van der Waals surface area contributed by atoms with Gasteiger partial charge in [-0.2, -0.15) is 0 Å². The summed E-state index contributed by atoms with van der Waals surface area (Å²) in [5.74, 6) is 0.377. The summed E-state index contributed by atoms with van der Waals surface area (Å²) >= 11 is 3.55. The van der Waals surface area contributed by atoms with Gasteiger partial charge in [-0.1, -0.05) is 28.1 Å². The number of halogens is 1. The molecule has 29 heavy (non-hydrogen) atoms. The minimum Gasteiger partial charge on any atom is -0.508 e. The van der Waals surface area contributed by atoms with Crippen molar-refractivity contribution in [2.24, 2.45) is 0 Å². The predicted molar refractivity (Wildman–Crippen MR) is 121 cm³/mol. The quantitative estimate of drug-likeness (QED) is 0.653. The van der Waals surface area contributed by atoms with Crippen LogP contribution in [0.25, 0.3) is 0 Å². The van der Waals surface area contributed by atoms with Crippen molar-refractivity contribution in [1.82, 2.24) is 10.2 Å². The Labute approximate surface area is 181 Å². The number of nitrogens with zero attached hydrogens (tertiary/aromatic N) is 2. The van der Waals surface area contributed by atoms with Crippen LogP contribution in [0.5, 0.6) is 5.75 Å². The van der Waals surface area contributed by atoms with E-state index in [1.54, 1.807) is 12.1 Å². The first kappa shape index (κ1) is 21.7. The summed E-state index contributed by atoms with van der Waals surface area (Å²) in [6.45, 7) is 0.931. The molecule has 3 rings (SSSR count). The van der Waals surface area contributed by atoms with Crippen molar-refractivity contribution in [1.29, 1.82) is 0 Å². The molecule has 2 aromatic rings. The molecule has 0 fully saturated rings. The Kier molecular flexibility index (Phi) is 7.19. The molecule has 2 aromatic carbocycles. The second-order valence-electron chi connectivity index (χ2n) is 8.06. The number of phenolic OH excluding ortho intramolecular Hbond substituents is 1. The topological polar surface area (TPSA) is 55.8 Å². The van der Waals surface area contributed by atoms with Crippen LogP contribution in [-0.4, -0.2) is 49.6 Å². The molecule has 5 nitrogen and oxygen atoms in total. The maximum absolute atomic E-state index is 12.7. The maximum Gasteiger partial charge on any atom is 0.220 e. The van der Waals surface area contributed by atoms with E-state index in [2.05, 4.69) is 50.2 Å². The van der Waals surface area contributed by atoms with Crippen LogP contribution >= 0.6 is 15.9 Å². The molecule has 0 aliphatic carbocycles. The number of anilines is 1. The first-order valence-corrected chi connectivity index (χ1v) is 10.9. The van der Waals surface area contributed by atoms with Gasteiger partial charge in [-0.25, -0.2) is 0 Å². The van der Waals surface area contributed by atoms with Crippen LogP contribution in [0.4, 0.5) is 5.69 Å². The number of amides is 1. The summed E-state index contributed by atoms with van der Waals surface area (Å²) in [5, 5.41) is 12.7. The van der Waals surface area contributed by atoms with Crippen LogP contribution in [-0.2, 0) is 11.2 Å². The van der Waals surface area contributed by atoms with E-state index in [-0.39, 0.29) is 23.7 Å². The Balaban J connectivity index is 1.59. The highest BCUT2D eigenvalue weighted by atomic mass is 79.9. The van der Waals surface area contributed by atoms with E-state index >= 15 is 0 Å². The van der Waals surface area contributed by atoms with Gasteiger partial charge in [0.15, 0.2) is 0 Å². The molecule has 0 saturated heterocycles. The maximum atomic E-state index is 12.7. The molecule has 2 unspecified atom stereocenters. The van der Waals surface area contributed by atoms with E-state index in [9.17, 15) is 9.90 Å². The van der Waals surface area contributed by atoms with Crippen LogP contribution in [0.15, 0.2) is 46.9 Å². The van der Waals surface area contributed by atoms with Gasteiger partial charge in [-0.05, 0) is 74.8 Å². The summed E-state index contributed by atoms with van der Waals surface area (Å²) in [6, 6.07) is 13.9. The van der Waals surface area contributed by atoms with Crippen molar-refractivity contribution in [3.8, 4) is 5.75 Å². The first-order chi connectivity index (χ1) is 13.8. The third kappa shape index (κ3) is 5.73. The minimum absolute atomic E-state index is 0.0566. The minimum atomic E-state index is 0.0566. The van der Waals surface area contributed by atoms with Crippen molar-refractivity contribution < 1.29 is 9.90 Å². The van der Waals surface area contributed by atoms with Gasteiger partial charge in [0, 0.05) is 36.2 Å². The zero-order valence-electron chi connectivity index (χ0n) is 17.4. The highest BCUT2D eigenvalue weighted by Gasteiger charge is 2.25. The summed E-state index contributed by atoms with van der Waals surface area (Å²) < 4.78 is 1.03. The lowest BCUT2D eigenvalue weighted by Crippen LogP contribution is -2.37. The third-order valence-electron chi connectivity index (χ3n) is 5.71. The Morgan fingerprint density at radius 3 is 2.69 bits per heavy atom. The van der Waals surface area contributed by atoms with Gasteiger partial charge in [-0.15, -0.1) is 0 Å². The summed E-state index contributed by atoms with van der Waals surface area (Å²) in [5.41, 5.74) is 3.52. The molecule has 0 bridgehead atoms. The van der Waals surface area contributed by atoms with Gasteiger partial charge in [0.1, 0.15) is 5.75 Å². The lowest BCUT2D eigenvalue weighted by atomic mass is 9.96. The number of fused-ring (bicyclic) bond motifs is 1. The van der Waals surface area contributed by atoms with Gasteiger partial charge in [0.05, 0.1) is 6.04 Å². The van der Waals surface area contributed by atoms with Gasteiger partial charge < -0.3 is 20.2 Å². The van der Waals surface area contributed by atoms with Crippen LogP contribution in [0, 0.1) is 0 Å². The fraction of sp³-hybridized carbons (Fsp3) is 0.435. The highest BCUT2D eigenvalue weighted by molar-refractivity contribution is 9.10. The number of hydrogen-bond acceptors (Lipinski definition) is 4. The van der Waals surface area contributed by atoms with Crippen molar-refractivity contribution in [2.45, 2.75) is 37.8 Å². The fourth-order valence-electron chi connectivity index (χ4n) is 3.91. The number of rotatable bonds is 7. The third-order valence-corrected chi connectivity index (χ3v) is 6.20. The monoisotopic (exact) mass is 459 g/mol. The van der Waals surface area contributed by atoms with Crippen molar-refractivity contribution >= 4 is 27.5 Å². The number of nitrogens with one attached hydrogen (secondary N) is 1. The zero-order chi connectivity index (χ0) is 21.0. The molecule has 2 N–H and O–H groups in total. The normalized spacial score (nSPS) is 17.1. The summed E-state index contributed by atoms with van der Waals surface area (Å²) in [6.07, 6.45) is 3.05. The van der Waals surface area contributed by atoms with Crippen molar-refractivity contribution in [3.05, 3.63) is 58.1 Å². The van der Waals surface area contributed by atoms with Gasteiger partial charge in [0.25, 0.3) is 0 Å². The molecular weight excluding hydrogens is 430 g/mol. The molecule has 1 amide bonds. The van der Waals surface area contributed by atoms with Gasteiger partial charge >= 0.3 is 0 Å². The second kappa shape index (κ2) is 9.63. The molecule has 1 aliphatic rings. The Bertz CT molecular complexity index is 839. The molecule has 6 heteroatoms. The lowest BCUT2D eigenvalue weighted by Gasteiger charge is -2.34. The molecule has 1 heterocycles. The average molecular weight is 460 g/mol. The fourth-order valence-corrected chi connectivity index (χ4v) is 4.29. The smallest absolute Gasteiger partial charge is 0.220 e. The largest absolute Gasteiger partial charge is 0.508 e. The van der Waals surface area contributed by atoms with Crippen LogP contribution in [0.2, 0.25) is 0 Å². The number of carbonyl (C=O) groups is 1. The molecule has 0 spiro atoms. The zero-order valence-corrected chi connectivity index (χ0v) is 18.9. The van der Waals surface area contributed by atoms with E-state index < -0.39 is 0 Å². The molecule has 0 saturated carbocycles. The number of likely N-dealkylation sites (N-methyl/N-ethyl adjacent to an activating group) is 1. The van der Waals surface area contributed by atoms with Crippen molar-refractivity contribution in [2.75, 3.05) is 32.6 Å². The Morgan fingerprint density at radius 2 is 2.00 bits per heavy atom. The summed E-state index contributed by atoms with van der Waals surface area (Å²) in [4.78, 5) is 17.1. The number of aromatic hydroxyl groups is 1. The predicted octanol–water partition coefficient (Wildman–Crippen LogP) is 4.11. The van der Waals surface area contributed by atoms with E-state index in [0.717, 1.165) is 35.8 Å². The Hall–Kier alpha value is -2.05. The molecule has 0 radical (unpaired) electrons. The van der Waals surface area contributed by atoms with E-state index in [1.165, 1.54) is 11.3 Å². The average Bonchev–Trinajstić information content (AvgIpc) is 2.68. The second-order valence-corrected chi connectivity index (χ2v) is 8.98. The first-order valence-electron chi connectivity index (χ1n) is 10.1. The van der Waals surface area contributed by atoms with E-state index in [4.69, 9.17) is 0 Å². The molecular formula is C23H30BrN3O2. The van der Waals surface area contributed by atoms with E-state index in [0.29, 0.717) is 6.42 Å². The number of benzene rings is 2. The number of hydrogen-bond donors (Lipinski definition) is 2. The lowest BCUT2D eigenvalue weighted by molar-refractivity contribution is -0.122. The standard InChI is InChI=1S/C23H30BrN3O2/c1-26(2)18(14-16-4-8-19(28)9-5-16)7-11-23(29)25-21-12-13-27(3)22-10-6-17(24)15-20(21)22/h4-6,8-10,15,18,21,28H,7,11-14H2,1-3H3,(H,25,29). The SMILES string of the molecule is CN1CCC(NC(=O)CCC(Cc2ccc(O)cc2)N(C)C)c2cc(Br)ccc21. The Morgan fingerprint density at radius 1 is 1.28 bits per heavy atom. The van der Waals surface area contributed by atoms with Crippen LogP contribution in [0.3, 0.4) is 0 Å².